The Bertz CT molecular complexity index is 53.1. The van der Waals surface area contributed by atoms with Crippen LogP contribution in [0.3, 0.4) is 0 Å². The minimum absolute atomic E-state index is 1.27. The van der Waals surface area contributed by atoms with Gasteiger partial charge in [0.05, 0.1) is 0 Å². The Balaban J connectivity index is 2.72. The first-order valence-corrected chi connectivity index (χ1v) is 3.53. The van der Waals surface area contributed by atoms with Gasteiger partial charge in [0, 0.05) is 0 Å². The highest BCUT2D eigenvalue weighted by molar-refractivity contribution is 4.75. The molecule has 0 radical (unpaired) electrons. The lowest BCUT2D eigenvalue weighted by atomic mass is 10.2. The van der Waals surface area contributed by atoms with Crippen molar-refractivity contribution in [3.8, 4) is 0 Å². The molecule has 0 aliphatic heterocycles. The minimum Gasteiger partial charge on any atom is -0.0917 e. The van der Waals surface area contributed by atoms with Gasteiger partial charge in [-0.15, -0.1) is 0 Å². The van der Waals surface area contributed by atoms with Gasteiger partial charge in [0.2, 0.25) is 0 Å². The summed E-state index contributed by atoms with van der Waals surface area (Å²) in [5, 5.41) is 0. The van der Waals surface area contributed by atoms with E-state index in [2.05, 4.69) is 26.0 Å². The van der Waals surface area contributed by atoms with Crippen LogP contribution in [0.5, 0.6) is 0 Å². The molecular weight excluding hydrogens is 96.1 g/mol. The average molecular weight is 112 g/mol. The highest BCUT2D eigenvalue weighted by Crippen LogP contribution is 1.98. The molecule has 0 fully saturated rings. The van der Waals surface area contributed by atoms with Crippen LogP contribution < -0.4 is 0 Å². The summed E-state index contributed by atoms with van der Waals surface area (Å²) in [6.07, 6.45) is 9.69. The van der Waals surface area contributed by atoms with E-state index in [1.54, 1.807) is 0 Å². The van der Waals surface area contributed by atoms with Crippen molar-refractivity contribution in [1.29, 1.82) is 0 Å². The van der Waals surface area contributed by atoms with Gasteiger partial charge in [-0.05, 0) is 19.8 Å². The lowest BCUT2D eigenvalue weighted by Gasteiger charge is -1.88. The molecule has 0 aromatic carbocycles. The number of allylic oxidation sites excluding steroid dienone is 2. The molecule has 0 aliphatic carbocycles. The number of unbranched alkanes of at least 4 members (excludes halogenated alkanes) is 3. The zero-order valence-electron chi connectivity index (χ0n) is 5.98. The number of hydrogen-bond acceptors (Lipinski definition) is 0. The third-order valence-corrected chi connectivity index (χ3v) is 1.21. The van der Waals surface area contributed by atoms with Crippen molar-refractivity contribution < 1.29 is 0 Å². The van der Waals surface area contributed by atoms with E-state index in [0.717, 1.165) is 0 Å². The fourth-order valence-electron chi connectivity index (χ4n) is 0.679. The van der Waals surface area contributed by atoms with Crippen molar-refractivity contribution in [3.05, 3.63) is 12.2 Å². The van der Waals surface area contributed by atoms with Crippen LogP contribution in [0.2, 0.25) is 0 Å². The van der Waals surface area contributed by atoms with Gasteiger partial charge in [0.25, 0.3) is 0 Å². The van der Waals surface area contributed by atoms with Crippen molar-refractivity contribution in [3.63, 3.8) is 0 Å². The summed E-state index contributed by atoms with van der Waals surface area (Å²) in [5.41, 5.74) is 0. The molecule has 0 spiro atoms. The molecule has 0 aromatic heterocycles. The fraction of sp³-hybridized carbons (Fsp3) is 0.750. The Morgan fingerprint density at radius 3 is 2.50 bits per heavy atom. The van der Waals surface area contributed by atoms with Crippen molar-refractivity contribution in [2.24, 2.45) is 0 Å². The van der Waals surface area contributed by atoms with Crippen molar-refractivity contribution >= 4 is 0 Å². The maximum absolute atomic E-state index is 2.23. The second-order valence-corrected chi connectivity index (χ2v) is 2.06. The fourth-order valence-corrected chi connectivity index (χ4v) is 0.679. The maximum Gasteiger partial charge on any atom is -0.0351 e. The van der Waals surface area contributed by atoms with Crippen LogP contribution in [0.15, 0.2) is 12.2 Å². The monoisotopic (exact) mass is 112 g/mol. The quantitative estimate of drug-likeness (QED) is 0.387. The summed E-state index contributed by atoms with van der Waals surface area (Å²) in [7, 11) is 0. The Kier molecular flexibility index (Phi) is 6.52. The highest BCUT2D eigenvalue weighted by atomic mass is 13.8. The molecule has 0 N–H and O–H groups in total. The smallest absolute Gasteiger partial charge is 0.0351 e. The Labute approximate surface area is 52.6 Å². The van der Waals surface area contributed by atoms with E-state index < -0.39 is 0 Å². The van der Waals surface area contributed by atoms with E-state index in [1.807, 2.05) is 0 Å². The second-order valence-electron chi connectivity index (χ2n) is 2.06. The van der Waals surface area contributed by atoms with Crippen LogP contribution in [0.25, 0.3) is 0 Å². The Morgan fingerprint density at radius 1 is 1.25 bits per heavy atom. The Hall–Kier alpha value is -0.260. The molecule has 0 nitrogen and oxygen atoms in total. The third-order valence-electron chi connectivity index (χ3n) is 1.21. The summed E-state index contributed by atoms with van der Waals surface area (Å²) in [6, 6.07) is 0. The van der Waals surface area contributed by atoms with Crippen LogP contribution >= 0.6 is 0 Å². The minimum atomic E-state index is 1.27. The van der Waals surface area contributed by atoms with Gasteiger partial charge in [-0.3, -0.25) is 0 Å². The SMILES string of the molecule is CC=CCCCCC. The first-order chi connectivity index (χ1) is 3.91. The molecule has 0 saturated carbocycles. The third kappa shape index (κ3) is 5.74. The summed E-state index contributed by atoms with van der Waals surface area (Å²) >= 11 is 0. The molecule has 0 heteroatoms. The predicted molar refractivity (Wildman–Crippen MR) is 39.0 cm³/mol. The largest absolute Gasteiger partial charge is 0.0917 e. The van der Waals surface area contributed by atoms with Gasteiger partial charge in [-0.25, -0.2) is 0 Å². The van der Waals surface area contributed by atoms with Crippen LogP contribution in [0.4, 0.5) is 0 Å². The van der Waals surface area contributed by atoms with Crippen LogP contribution in [0, 0.1) is 0 Å². The molecule has 48 valence electrons. The lowest BCUT2D eigenvalue weighted by molar-refractivity contribution is 0.729. The summed E-state index contributed by atoms with van der Waals surface area (Å²) < 4.78 is 0. The summed E-state index contributed by atoms with van der Waals surface area (Å²) in [6.45, 7) is 4.31. The first kappa shape index (κ1) is 7.74. The van der Waals surface area contributed by atoms with E-state index in [1.165, 1.54) is 25.7 Å². The molecule has 0 bridgehead atoms. The lowest BCUT2D eigenvalue weighted by Crippen LogP contribution is -1.68. The van der Waals surface area contributed by atoms with Crippen molar-refractivity contribution in [2.75, 3.05) is 0 Å². The molecule has 0 aliphatic rings. The van der Waals surface area contributed by atoms with E-state index >= 15 is 0 Å². The van der Waals surface area contributed by atoms with E-state index in [9.17, 15) is 0 Å². The van der Waals surface area contributed by atoms with Gasteiger partial charge in [-0.1, -0.05) is 31.9 Å². The van der Waals surface area contributed by atoms with Crippen LogP contribution in [-0.4, -0.2) is 0 Å². The second kappa shape index (κ2) is 6.74. The molecule has 0 heterocycles. The molecule has 0 rings (SSSR count). The topological polar surface area (TPSA) is 0 Å². The van der Waals surface area contributed by atoms with Crippen LogP contribution in [0.1, 0.15) is 39.5 Å². The van der Waals surface area contributed by atoms with Gasteiger partial charge in [0.1, 0.15) is 0 Å². The van der Waals surface area contributed by atoms with Crippen molar-refractivity contribution in [2.45, 2.75) is 39.5 Å². The number of rotatable bonds is 4. The first-order valence-electron chi connectivity index (χ1n) is 3.53. The molecule has 0 unspecified atom stereocenters. The number of hydrogen-bond donors (Lipinski definition) is 0. The van der Waals surface area contributed by atoms with Gasteiger partial charge >= 0.3 is 0 Å². The van der Waals surface area contributed by atoms with E-state index in [0.29, 0.717) is 0 Å². The molecule has 0 amide bonds. The normalized spacial score (nSPS) is 10.8. The van der Waals surface area contributed by atoms with Gasteiger partial charge < -0.3 is 0 Å². The molecule has 8 heavy (non-hydrogen) atoms. The van der Waals surface area contributed by atoms with Crippen LogP contribution in [-0.2, 0) is 0 Å². The zero-order chi connectivity index (χ0) is 6.24. The van der Waals surface area contributed by atoms with E-state index in [-0.39, 0.29) is 0 Å². The Morgan fingerprint density at radius 2 is 2.00 bits per heavy atom. The average Bonchev–Trinajstić information content (AvgIpc) is 1.81. The van der Waals surface area contributed by atoms with Gasteiger partial charge in [-0.2, -0.15) is 0 Å². The predicted octanol–water partition coefficient (Wildman–Crippen LogP) is 3.14. The molecule has 0 saturated heterocycles. The highest BCUT2D eigenvalue weighted by Gasteiger charge is 1.78. The molecule has 0 aromatic rings. The van der Waals surface area contributed by atoms with Crippen molar-refractivity contribution in [1.82, 2.24) is 0 Å². The summed E-state index contributed by atoms with van der Waals surface area (Å²) in [5.74, 6) is 0. The molecular formula is C8H16. The van der Waals surface area contributed by atoms with Gasteiger partial charge in [0.15, 0.2) is 0 Å². The standard InChI is InChI=1S/C8H16/c1-3-5-7-8-6-4-2/h3,5H,4,6-8H2,1-2H3. The summed E-state index contributed by atoms with van der Waals surface area (Å²) in [4.78, 5) is 0. The maximum atomic E-state index is 2.23. The zero-order valence-corrected chi connectivity index (χ0v) is 5.98. The van der Waals surface area contributed by atoms with E-state index in [4.69, 9.17) is 0 Å². The molecule has 0 atom stereocenters.